The molecular weight excluding hydrogens is 249 g/mol. The normalized spacial score (nSPS) is 24.4. The molecule has 2 rings (SSSR count). The second-order valence-electron chi connectivity index (χ2n) is 3.76. The van der Waals surface area contributed by atoms with Crippen LogP contribution in [0.2, 0.25) is 5.28 Å². The molecule has 2 unspecified atom stereocenters. The SMILES string of the molecule is COC1CN(c2nc(Cl)ncc2F)CC1OC. The van der Waals surface area contributed by atoms with Gasteiger partial charge in [0.05, 0.1) is 6.20 Å². The van der Waals surface area contributed by atoms with Gasteiger partial charge in [0.15, 0.2) is 11.6 Å². The fourth-order valence-corrected chi connectivity index (χ4v) is 2.06. The van der Waals surface area contributed by atoms with Crippen molar-refractivity contribution in [2.45, 2.75) is 12.2 Å². The van der Waals surface area contributed by atoms with Crippen molar-refractivity contribution in [3.8, 4) is 0 Å². The van der Waals surface area contributed by atoms with E-state index in [1.165, 1.54) is 0 Å². The lowest BCUT2D eigenvalue weighted by Crippen LogP contribution is -2.27. The fourth-order valence-electron chi connectivity index (χ4n) is 1.93. The average molecular weight is 262 g/mol. The van der Waals surface area contributed by atoms with Crippen LogP contribution >= 0.6 is 11.6 Å². The van der Waals surface area contributed by atoms with Crippen LogP contribution in [0.15, 0.2) is 6.20 Å². The summed E-state index contributed by atoms with van der Waals surface area (Å²) in [6, 6.07) is 0. The van der Waals surface area contributed by atoms with Crippen molar-refractivity contribution in [2.75, 3.05) is 32.2 Å². The Morgan fingerprint density at radius 2 is 1.94 bits per heavy atom. The summed E-state index contributed by atoms with van der Waals surface area (Å²) < 4.78 is 24.1. The molecule has 0 bridgehead atoms. The van der Waals surface area contributed by atoms with Gasteiger partial charge in [-0.3, -0.25) is 0 Å². The van der Waals surface area contributed by atoms with Crippen molar-refractivity contribution in [1.82, 2.24) is 9.97 Å². The van der Waals surface area contributed by atoms with Gasteiger partial charge in [0.25, 0.3) is 0 Å². The monoisotopic (exact) mass is 261 g/mol. The van der Waals surface area contributed by atoms with E-state index in [1.54, 1.807) is 19.1 Å². The van der Waals surface area contributed by atoms with Crippen LogP contribution < -0.4 is 4.90 Å². The molecule has 1 aromatic heterocycles. The maximum Gasteiger partial charge on any atom is 0.224 e. The molecule has 0 amide bonds. The van der Waals surface area contributed by atoms with Crippen LogP contribution in [0.1, 0.15) is 0 Å². The first-order valence-corrected chi connectivity index (χ1v) is 5.52. The van der Waals surface area contributed by atoms with Gasteiger partial charge in [-0.1, -0.05) is 0 Å². The van der Waals surface area contributed by atoms with Gasteiger partial charge >= 0.3 is 0 Å². The topological polar surface area (TPSA) is 47.5 Å². The summed E-state index contributed by atoms with van der Waals surface area (Å²) in [6.07, 6.45) is 0.855. The summed E-state index contributed by atoms with van der Waals surface area (Å²) in [5.74, 6) is -0.312. The minimum absolute atomic E-state index is 0.0243. The van der Waals surface area contributed by atoms with E-state index in [1.807, 2.05) is 0 Å². The third kappa shape index (κ3) is 2.48. The van der Waals surface area contributed by atoms with Crippen molar-refractivity contribution >= 4 is 17.4 Å². The van der Waals surface area contributed by atoms with Gasteiger partial charge in [-0.2, -0.15) is 4.98 Å². The summed E-state index contributed by atoms with van der Waals surface area (Å²) >= 11 is 5.66. The Morgan fingerprint density at radius 1 is 1.35 bits per heavy atom. The number of hydrogen-bond donors (Lipinski definition) is 0. The van der Waals surface area contributed by atoms with E-state index in [2.05, 4.69) is 9.97 Å². The van der Waals surface area contributed by atoms with Crippen molar-refractivity contribution in [3.63, 3.8) is 0 Å². The highest BCUT2D eigenvalue weighted by Crippen LogP contribution is 2.24. The van der Waals surface area contributed by atoms with E-state index in [-0.39, 0.29) is 23.3 Å². The standard InChI is InChI=1S/C10H13ClFN3O2/c1-16-7-4-15(5-8(7)17-2)9-6(12)3-13-10(11)14-9/h3,7-8H,4-5H2,1-2H3. The Morgan fingerprint density at radius 3 is 2.47 bits per heavy atom. The number of nitrogens with zero attached hydrogens (tertiary/aromatic N) is 3. The molecule has 1 fully saturated rings. The second-order valence-corrected chi connectivity index (χ2v) is 4.10. The molecular formula is C10H13ClFN3O2. The summed E-state index contributed by atoms with van der Waals surface area (Å²) in [4.78, 5) is 9.21. The fraction of sp³-hybridized carbons (Fsp3) is 0.600. The number of hydrogen-bond acceptors (Lipinski definition) is 5. The summed E-state index contributed by atoms with van der Waals surface area (Å²) in [7, 11) is 3.20. The zero-order valence-corrected chi connectivity index (χ0v) is 10.3. The maximum absolute atomic E-state index is 13.6. The number of anilines is 1. The number of aromatic nitrogens is 2. The Labute approximate surface area is 104 Å². The van der Waals surface area contributed by atoms with E-state index >= 15 is 0 Å². The average Bonchev–Trinajstić information content (AvgIpc) is 2.75. The predicted octanol–water partition coefficient (Wildman–Crippen LogP) is 1.12. The first-order chi connectivity index (χ1) is 8.15. The van der Waals surface area contributed by atoms with Crippen LogP contribution in [0, 0.1) is 5.82 Å². The Hall–Kier alpha value is -0.980. The largest absolute Gasteiger partial charge is 0.377 e. The number of halogens is 2. The third-order valence-electron chi connectivity index (χ3n) is 2.82. The van der Waals surface area contributed by atoms with E-state index in [0.29, 0.717) is 13.1 Å². The van der Waals surface area contributed by atoms with Crippen molar-refractivity contribution < 1.29 is 13.9 Å². The molecule has 2 atom stereocenters. The van der Waals surface area contributed by atoms with Crippen LogP contribution in [0.4, 0.5) is 10.2 Å². The lowest BCUT2D eigenvalue weighted by molar-refractivity contribution is -0.00461. The predicted molar refractivity (Wildman–Crippen MR) is 60.8 cm³/mol. The van der Waals surface area contributed by atoms with Gasteiger partial charge in [-0.15, -0.1) is 0 Å². The molecule has 2 heterocycles. The third-order valence-corrected chi connectivity index (χ3v) is 3.00. The molecule has 0 radical (unpaired) electrons. The molecule has 1 aliphatic heterocycles. The van der Waals surface area contributed by atoms with Crippen LogP contribution in [-0.4, -0.2) is 49.5 Å². The molecule has 0 saturated carbocycles. The van der Waals surface area contributed by atoms with E-state index in [4.69, 9.17) is 21.1 Å². The van der Waals surface area contributed by atoms with E-state index < -0.39 is 5.82 Å². The summed E-state index contributed by atoms with van der Waals surface area (Å²) in [5.41, 5.74) is 0. The first kappa shape index (κ1) is 12.5. The molecule has 17 heavy (non-hydrogen) atoms. The van der Waals surface area contributed by atoms with E-state index in [9.17, 15) is 4.39 Å². The lowest BCUT2D eigenvalue weighted by Gasteiger charge is -2.16. The number of rotatable bonds is 3. The molecule has 1 aromatic rings. The summed E-state index contributed by atoms with van der Waals surface area (Å²) in [5, 5.41) is 0.0243. The van der Waals surface area contributed by atoms with Gasteiger partial charge in [0.1, 0.15) is 12.2 Å². The van der Waals surface area contributed by atoms with Crippen LogP contribution in [0.3, 0.4) is 0 Å². The Balaban J connectivity index is 2.21. The number of methoxy groups -OCH3 is 2. The van der Waals surface area contributed by atoms with E-state index in [0.717, 1.165) is 6.20 Å². The van der Waals surface area contributed by atoms with Crippen LogP contribution in [0.5, 0.6) is 0 Å². The smallest absolute Gasteiger partial charge is 0.224 e. The minimum Gasteiger partial charge on any atom is -0.377 e. The highest BCUT2D eigenvalue weighted by atomic mass is 35.5. The molecule has 0 N–H and O–H groups in total. The van der Waals surface area contributed by atoms with Crippen LogP contribution in [-0.2, 0) is 9.47 Å². The van der Waals surface area contributed by atoms with Gasteiger partial charge in [-0.05, 0) is 11.6 Å². The lowest BCUT2D eigenvalue weighted by atomic mass is 10.3. The van der Waals surface area contributed by atoms with Gasteiger partial charge in [0.2, 0.25) is 5.28 Å². The molecule has 0 aromatic carbocycles. The van der Waals surface area contributed by atoms with Gasteiger partial charge in [0, 0.05) is 27.3 Å². The second kappa shape index (κ2) is 5.12. The zero-order chi connectivity index (χ0) is 12.4. The Kier molecular flexibility index (Phi) is 3.76. The Bertz CT molecular complexity index is 395. The van der Waals surface area contributed by atoms with Crippen molar-refractivity contribution in [1.29, 1.82) is 0 Å². The minimum atomic E-state index is -0.499. The summed E-state index contributed by atoms with van der Waals surface area (Å²) in [6.45, 7) is 1.03. The highest BCUT2D eigenvalue weighted by Gasteiger charge is 2.34. The first-order valence-electron chi connectivity index (χ1n) is 5.14. The van der Waals surface area contributed by atoms with Crippen LogP contribution in [0.25, 0.3) is 0 Å². The highest BCUT2D eigenvalue weighted by molar-refractivity contribution is 6.28. The van der Waals surface area contributed by atoms with Gasteiger partial charge < -0.3 is 14.4 Å². The maximum atomic E-state index is 13.6. The molecule has 94 valence electrons. The molecule has 0 spiro atoms. The van der Waals surface area contributed by atoms with Crippen molar-refractivity contribution in [2.24, 2.45) is 0 Å². The van der Waals surface area contributed by atoms with Gasteiger partial charge in [-0.25, -0.2) is 9.37 Å². The molecule has 1 aliphatic rings. The molecule has 1 saturated heterocycles. The quantitative estimate of drug-likeness (QED) is 0.763. The van der Waals surface area contributed by atoms with Crippen molar-refractivity contribution in [3.05, 3.63) is 17.3 Å². The molecule has 0 aliphatic carbocycles. The molecule has 5 nitrogen and oxygen atoms in total. The zero-order valence-electron chi connectivity index (χ0n) is 9.56. The number of ether oxygens (including phenoxy) is 2. The molecule has 7 heteroatoms.